The minimum Gasteiger partial charge on any atom is -0.453 e. The maximum atomic E-state index is 11.1. The number of carbonyl (C=O) groups is 1. The van der Waals surface area contributed by atoms with Crippen LogP contribution in [0.3, 0.4) is 0 Å². The lowest BCUT2D eigenvalue weighted by atomic mass is 9.88. The van der Waals surface area contributed by atoms with Crippen molar-refractivity contribution in [3.8, 4) is 6.07 Å². The summed E-state index contributed by atoms with van der Waals surface area (Å²) in [5, 5.41) is 14.6. The van der Waals surface area contributed by atoms with Gasteiger partial charge in [-0.25, -0.2) is 4.79 Å². The van der Waals surface area contributed by atoms with Gasteiger partial charge in [0.2, 0.25) is 0 Å². The van der Waals surface area contributed by atoms with Gasteiger partial charge in [0, 0.05) is 24.3 Å². The fraction of sp³-hybridized carbons (Fsp3) is 0.467. The van der Waals surface area contributed by atoms with Crippen LogP contribution in [0, 0.1) is 16.7 Å². The molecule has 1 aromatic rings. The lowest BCUT2D eigenvalue weighted by Crippen LogP contribution is -2.23. The van der Waals surface area contributed by atoms with Crippen LogP contribution < -0.4 is 10.6 Å². The van der Waals surface area contributed by atoms with E-state index in [0.717, 1.165) is 18.7 Å². The molecule has 0 saturated heterocycles. The summed E-state index contributed by atoms with van der Waals surface area (Å²) in [4.78, 5) is 11.1. The Labute approximate surface area is 119 Å². The zero-order valence-electron chi connectivity index (χ0n) is 12.2. The first kappa shape index (κ1) is 15.8. The number of methoxy groups -OCH3 is 1. The molecule has 0 radical (unpaired) electrons. The predicted molar refractivity (Wildman–Crippen MR) is 79.6 cm³/mol. The van der Waals surface area contributed by atoms with Crippen LogP contribution in [-0.2, 0) is 4.74 Å². The van der Waals surface area contributed by atoms with E-state index in [4.69, 9.17) is 5.26 Å². The second-order valence-electron chi connectivity index (χ2n) is 5.37. The zero-order chi connectivity index (χ0) is 15.0. The molecule has 0 unspecified atom stereocenters. The molecule has 5 heteroatoms. The number of rotatable bonds is 6. The number of ether oxygens (including phenoxy) is 1. The SMILES string of the molecule is COC(=O)Nc1cccc(NCC(C)(C)CCC#N)c1. The van der Waals surface area contributed by atoms with Crippen LogP contribution in [0.2, 0.25) is 0 Å². The molecule has 0 aliphatic heterocycles. The zero-order valence-corrected chi connectivity index (χ0v) is 12.2. The van der Waals surface area contributed by atoms with E-state index in [1.165, 1.54) is 7.11 Å². The standard InChI is InChI=1S/C15H21N3O2/c1-15(2,8-5-9-16)11-17-12-6-4-7-13(10-12)18-14(19)20-3/h4,6-7,10,17H,5,8,11H2,1-3H3,(H,18,19). The van der Waals surface area contributed by atoms with Crippen LogP contribution in [0.5, 0.6) is 0 Å². The van der Waals surface area contributed by atoms with Gasteiger partial charge in [0.25, 0.3) is 0 Å². The third kappa shape index (κ3) is 5.61. The number of nitriles is 1. The summed E-state index contributed by atoms with van der Waals surface area (Å²) in [5.74, 6) is 0. The Morgan fingerprint density at radius 2 is 2.10 bits per heavy atom. The van der Waals surface area contributed by atoms with Crippen LogP contribution >= 0.6 is 0 Å². The Balaban J connectivity index is 2.58. The van der Waals surface area contributed by atoms with Gasteiger partial charge in [-0.2, -0.15) is 5.26 Å². The summed E-state index contributed by atoms with van der Waals surface area (Å²) in [7, 11) is 1.33. The molecule has 20 heavy (non-hydrogen) atoms. The highest BCUT2D eigenvalue weighted by Gasteiger charge is 2.17. The third-order valence-electron chi connectivity index (χ3n) is 2.98. The minimum absolute atomic E-state index is 0.0432. The predicted octanol–water partition coefficient (Wildman–Crippen LogP) is 3.61. The first-order valence-electron chi connectivity index (χ1n) is 6.53. The third-order valence-corrected chi connectivity index (χ3v) is 2.98. The van der Waals surface area contributed by atoms with E-state index in [1.807, 2.05) is 18.2 Å². The second kappa shape index (κ2) is 7.39. The van der Waals surface area contributed by atoms with E-state index >= 15 is 0 Å². The van der Waals surface area contributed by atoms with E-state index in [2.05, 4.69) is 35.3 Å². The summed E-state index contributed by atoms with van der Waals surface area (Å²) in [6.07, 6.45) is 0.909. The van der Waals surface area contributed by atoms with Crippen LogP contribution in [0.25, 0.3) is 0 Å². The molecular formula is C15H21N3O2. The Morgan fingerprint density at radius 1 is 1.40 bits per heavy atom. The minimum atomic E-state index is -0.489. The molecule has 2 N–H and O–H groups in total. The van der Waals surface area contributed by atoms with E-state index in [0.29, 0.717) is 12.1 Å². The van der Waals surface area contributed by atoms with E-state index in [-0.39, 0.29) is 5.41 Å². The van der Waals surface area contributed by atoms with E-state index in [1.54, 1.807) is 6.07 Å². The van der Waals surface area contributed by atoms with Gasteiger partial charge in [-0.05, 0) is 30.0 Å². The molecule has 0 saturated carbocycles. The number of hydrogen-bond acceptors (Lipinski definition) is 4. The second-order valence-corrected chi connectivity index (χ2v) is 5.37. The molecule has 0 bridgehead atoms. The van der Waals surface area contributed by atoms with Crippen molar-refractivity contribution in [3.05, 3.63) is 24.3 Å². The summed E-state index contributed by atoms with van der Waals surface area (Å²) < 4.78 is 4.55. The van der Waals surface area contributed by atoms with Gasteiger partial charge in [-0.3, -0.25) is 5.32 Å². The molecule has 108 valence electrons. The molecule has 0 heterocycles. The molecule has 0 fully saturated rings. The average Bonchev–Trinajstić information content (AvgIpc) is 2.43. The molecule has 0 aromatic heterocycles. The Bertz CT molecular complexity index is 492. The Morgan fingerprint density at radius 3 is 2.75 bits per heavy atom. The summed E-state index contributed by atoms with van der Waals surface area (Å²) in [6, 6.07) is 9.60. The summed E-state index contributed by atoms with van der Waals surface area (Å²) in [5.41, 5.74) is 1.64. The van der Waals surface area contributed by atoms with Crippen molar-refractivity contribution in [2.75, 3.05) is 24.3 Å². The normalized spacial score (nSPS) is 10.5. The highest BCUT2D eigenvalue weighted by Crippen LogP contribution is 2.23. The lowest BCUT2D eigenvalue weighted by molar-refractivity contribution is 0.187. The van der Waals surface area contributed by atoms with Gasteiger partial charge in [0.1, 0.15) is 0 Å². The Hall–Kier alpha value is -2.22. The van der Waals surface area contributed by atoms with Gasteiger partial charge >= 0.3 is 6.09 Å². The largest absolute Gasteiger partial charge is 0.453 e. The summed E-state index contributed by atoms with van der Waals surface area (Å²) in [6.45, 7) is 5.00. The molecule has 0 atom stereocenters. The first-order chi connectivity index (χ1) is 9.46. The fourth-order valence-electron chi connectivity index (χ4n) is 1.70. The quantitative estimate of drug-likeness (QED) is 0.831. The van der Waals surface area contributed by atoms with Crippen LogP contribution in [0.4, 0.5) is 16.2 Å². The number of nitrogens with one attached hydrogen (secondary N) is 2. The van der Waals surface area contributed by atoms with Crippen molar-refractivity contribution in [2.45, 2.75) is 26.7 Å². The van der Waals surface area contributed by atoms with Crippen molar-refractivity contribution in [1.82, 2.24) is 0 Å². The van der Waals surface area contributed by atoms with Crippen molar-refractivity contribution >= 4 is 17.5 Å². The number of amides is 1. The van der Waals surface area contributed by atoms with Gasteiger partial charge in [-0.15, -0.1) is 0 Å². The van der Waals surface area contributed by atoms with Crippen LogP contribution in [0.15, 0.2) is 24.3 Å². The topological polar surface area (TPSA) is 74.2 Å². The monoisotopic (exact) mass is 275 g/mol. The van der Waals surface area contributed by atoms with E-state index < -0.39 is 6.09 Å². The highest BCUT2D eigenvalue weighted by molar-refractivity contribution is 5.85. The average molecular weight is 275 g/mol. The molecule has 0 spiro atoms. The van der Waals surface area contributed by atoms with Crippen LogP contribution in [-0.4, -0.2) is 19.7 Å². The van der Waals surface area contributed by atoms with Gasteiger partial charge in [-0.1, -0.05) is 19.9 Å². The number of anilines is 2. The maximum absolute atomic E-state index is 11.1. The number of carbonyl (C=O) groups excluding carboxylic acids is 1. The molecule has 0 aliphatic carbocycles. The van der Waals surface area contributed by atoms with Crippen molar-refractivity contribution < 1.29 is 9.53 Å². The van der Waals surface area contributed by atoms with Gasteiger partial charge < -0.3 is 10.1 Å². The molecular weight excluding hydrogens is 254 g/mol. The lowest BCUT2D eigenvalue weighted by Gasteiger charge is -2.24. The van der Waals surface area contributed by atoms with Crippen molar-refractivity contribution in [2.24, 2.45) is 5.41 Å². The van der Waals surface area contributed by atoms with Crippen LogP contribution in [0.1, 0.15) is 26.7 Å². The van der Waals surface area contributed by atoms with Gasteiger partial charge in [0.15, 0.2) is 0 Å². The maximum Gasteiger partial charge on any atom is 0.411 e. The number of benzene rings is 1. The summed E-state index contributed by atoms with van der Waals surface area (Å²) >= 11 is 0. The van der Waals surface area contributed by atoms with Crippen molar-refractivity contribution in [3.63, 3.8) is 0 Å². The van der Waals surface area contributed by atoms with Gasteiger partial charge in [0.05, 0.1) is 13.2 Å². The smallest absolute Gasteiger partial charge is 0.411 e. The molecule has 5 nitrogen and oxygen atoms in total. The molecule has 0 aliphatic rings. The molecule has 1 aromatic carbocycles. The molecule has 1 amide bonds. The first-order valence-corrected chi connectivity index (χ1v) is 6.53. The van der Waals surface area contributed by atoms with E-state index in [9.17, 15) is 4.79 Å². The van der Waals surface area contributed by atoms with Crippen molar-refractivity contribution in [1.29, 1.82) is 5.26 Å². The molecule has 1 rings (SSSR count). The fourth-order valence-corrected chi connectivity index (χ4v) is 1.70. The number of hydrogen-bond donors (Lipinski definition) is 2. The Kier molecular flexibility index (Phi) is 5.85. The number of nitrogens with zero attached hydrogens (tertiary/aromatic N) is 1. The highest BCUT2D eigenvalue weighted by atomic mass is 16.5.